The number of ether oxygens (including phenoxy) is 2. The summed E-state index contributed by atoms with van der Waals surface area (Å²) in [6.45, 7) is 0. The Morgan fingerprint density at radius 1 is 1.08 bits per heavy atom. The summed E-state index contributed by atoms with van der Waals surface area (Å²) in [5.74, 6) is 1.46. The maximum Gasteiger partial charge on any atom is 0.271 e. The van der Waals surface area contributed by atoms with Gasteiger partial charge in [-0.3, -0.25) is 9.36 Å². The largest absolute Gasteiger partial charge is 0.507 e. The molecule has 4 aromatic rings. The van der Waals surface area contributed by atoms with Crippen LogP contribution in [0.1, 0.15) is 34.7 Å². The topological polar surface area (TPSA) is 73.0 Å². The van der Waals surface area contributed by atoms with Gasteiger partial charge < -0.3 is 14.6 Å². The average Bonchev–Trinajstić information content (AvgIpc) is 3.23. The maximum atomic E-state index is 14.0. The average molecular weight is 622 g/mol. The Bertz CT molecular complexity index is 1770. The molecule has 3 aromatic carbocycles. The van der Waals surface area contributed by atoms with Crippen LogP contribution < -0.4 is 24.4 Å². The number of phenolic OH excluding ortho intramolecular Hbond substituents is 1. The Hall–Kier alpha value is -3.37. The second kappa shape index (κ2) is 9.50. The number of thiazole rings is 1. The summed E-state index contributed by atoms with van der Waals surface area (Å²) in [4.78, 5) is 19.7. The minimum atomic E-state index is -0.369. The third kappa shape index (κ3) is 3.99. The zero-order chi connectivity index (χ0) is 25.7. The molecule has 0 amide bonds. The number of halogens is 1. The highest BCUT2D eigenvalue weighted by Crippen LogP contribution is 2.45. The predicted octanol–water partition coefficient (Wildman–Crippen LogP) is 4.65. The summed E-state index contributed by atoms with van der Waals surface area (Å²) in [6.07, 6.45) is 3.53. The summed E-state index contributed by atoms with van der Waals surface area (Å²) in [5, 5.41) is 9.92. The number of aromatic hydroxyl groups is 1. The highest BCUT2D eigenvalue weighted by atomic mass is 127. The van der Waals surface area contributed by atoms with Crippen LogP contribution in [0.3, 0.4) is 0 Å². The van der Waals surface area contributed by atoms with Gasteiger partial charge in [0.1, 0.15) is 5.75 Å². The lowest BCUT2D eigenvalue weighted by atomic mass is 9.83. The first kappa shape index (κ1) is 24.0. The minimum Gasteiger partial charge on any atom is -0.507 e. The number of nitrogens with zero attached hydrogens (tertiary/aromatic N) is 2. The molecule has 8 heteroatoms. The lowest BCUT2D eigenvalue weighted by Gasteiger charge is -2.31. The molecule has 1 aliphatic heterocycles. The lowest BCUT2D eigenvalue weighted by Crippen LogP contribution is -2.39. The summed E-state index contributed by atoms with van der Waals surface area (Å²) < 4.78 is 14.5. The lowest BCUT2D eigenvalue weighted by molar-refractivity contribution is 0.348. The van der Waals surface area contributed by atoms with Crippen molar-refractivity contribution in [3.63, 3.8) is 0 Å². The number of phenols is 1. The number of aromatic nitrogens is 1. The number of rotatable bonds is 4. The van der Waals surface area contributed by atoms with E-state index < -0.39 is 0 Å². The van der Waals surface area contributed by atoms with Crippen molar-refractivity contribution in [1.82, 2.24) is 4.57 Å². The van der Waals surface area contributed by atoms with Crippen LogP contribution in [0.15, 0.2) is 76.0 Å². The van der Waals surface area contributed by atoms with Gasteiger partial charge in [0.15, 0.2) is 16.3 Å². The van der Waals surface area contributed by atoms with Gasteiger partial charge in [0.2, 0.25) is 0 Å². The highest BCUT2D eigenvalue weighted by molar-refractivity contribution is 14.1. The van der Waals surface area contributed by atoms with Crippen LogP contribution in [-0.2, 0) is 6.42 Å². The summed E-state index contributed by atoms with van der Waals surface area (Å²) in [6, 6.07) is 19.1. The molecule has 1 aromatic heterocycles. The molecule has 6 nitrogen and oxygen atoms in total. The Morgan fingerprint density at radius 3 is 2.70 bits per heavy atom. The first-order valence-corrected chi connectivity index (χ1v) is 13.7. The number of hydrogen-bond donors (Lipinski definition) is 1. The van der Waals surface area contributed by atoms with Crippen LogP contribution in [0.2, 0.25) is 0 Å². The number of hydrogen-bond acceptors (Lipinski definition) is 6. The zero-order valence-corrected chi connectivity index (χ0v) is 23.2. The van der Waals surface area contributed by atoms with Crippen molar-refractivity contribution in [1.29, 1.82) is 0 Å². The Labute approximate surface area is 231 Å². The van der Waals surface area contributed by atoms with E-state index >= 15 is 0 Å². The van der Waals surface area contributed by atoms with Gasteiger partial charge in [-0.05, 0) is 76.4 Å². The standard InChI is InChI=1S/C29H23IN2O4S/c1-35-23-9-5-8-20(27(23)36-2)26-19-12-11-17-6-3-4-7-18(17)25(19)31-29-32(26)28(34)24(37-29)15-16-10-13-22(33)21(30)14-16/h3-10,13-15,26,33H,11-12H2,1-2H3. The van der Waals surface area contributed by atoms with E-state index in [1.54, 1.807) is 30.9 Å². The smallest absolute Gasteiger partial charge is 0.271 e. The quantitative estimate of drug-likeness (QED) is 0.337. The number of methoxy groups -OCH3 is 2. The van der Waals surface area contributed by atoms with Gasteiger partial charge in [-0.1, -0.05) is 53.8 Å². The van der Waals surface area contributed by atoms with Crippen molar-refractivity contribution >= 4 is 45.7 Å². The monoisotopic (exact) mass is 622 g/mol. The predicted molar refractivity (Wildman–Crippen MR) is 153 cm³/mol. The number of aryl methyl sites for hydroxylation is 1. The molecular formula is C29H23IN2O4S. The molecule has 0 saturated carbocycles. The molecule has 1 unspecified atom stereocenters. The van der Waals surface area contributed by atoms with Crippen molar-refractivity contribution in [2.45, 2.75) is 18.9 Å². The van der Waals surface area contributed by atoms with Crippen LogP contribution in [0.4, 0.5) is 0 Å². The molecule has 37 heavy (non-hydrogen) atoms. The minimum absolute atomic E-state index is 0.105. The molecule has 0 saturated heterocycles. The first-order chi connectivity index (χ1) is 18.0. The number of allylic oxidation sites excluding steroid dienone is 1. The highest BCUT2D eigenvalue weighted by Gasteiger charge is 2.34. The molecule has 186 valence electrons. The summed E-state index contributed by atoms with van der Waals surface area (Å²) in [5.41, 5.74) is 6.02. The molecule has 1 atom stereocenters. The van der Waals surface area contributed by atoms with Crippen molar-refractivity contribution in [3.8, 4) is 17.2 Å². The van der Waals surface area contributed by atoms with Crippen LogP contribution in [0.5, 0.6) is 17.2 Å². The van der Waals surface area contributed by atoms with E-state index in [1.807, 2.05) is 36.4 Å². The molecule has 0 fully saturated rings. The van der Waals surface area contributed by atoms with Crippen molar-refractivity contribution < 1.29 is 14.6 Å². The normalized spacial score (nSPS) is 16.5. The van der Waals surface area contributed by atoms with Crippen molar-refractivity contribution in [2.24, 2.45) is 4.99 Å². The van der Waals surface area contributed by atoms with Gasteiger partial charge in [-0.25, -0.2) is 4.99 Å². The van der Waals surface area contributed by atoms with Gasteiger partial charge >= 0.3 is 0 Å². The number of para-hydroxylation sites is 1. The van der Waals surface area contributed by atoms with Gasteiger partial charge in [-0.2, -0.15) is 0 Å². The molecule has 1 N–H and O–H groups in total. The van der Waals surface area contributed by atoms with Crippen LogP contribution in [-0.4, -0.2) is 23.9 Å². The van der Waals surface area contributed by atoms with E-state index in [2.05, 4.69) is 40.8 Å². The third-order valence-corrected chi connectivity index (χ3v) is 8.72. The van der Waals surface area contributed by atoms with E-state index in [0.717, 1.165) is 44.4 Å². The van der Waals surface area contributed by atoms with E-state index in [1.165, 1.54) is 16.9 Å². The zero-order valence-electron chi connectivity index (χ0n) is 20.2. The van der Waals surface area contributed by atoms with Gasteiger partial charge in [0, 0.05) is 11.1 Å². The van der Waals surface area contributed by atoms with E-state index in [9.17, 15) is 9.90 Å². The maximum absolute atomic E-state index is 14.0. The van der Waals surface area contributed by atoms with E-state index in [0.29, 0.717) is 20.8 Å². The third-order valence-electron chi connectivity index (χ3n) is 6.87. The van der Waals surface area contributed by atoms with Crippen LogP contribution in [0, 0.1) is 3.57 Å². The fourth-order valence-corrected chi connectivity index (χ4v) is 6.73. The molecule has 6 rings (SSSR count). The van der Waals surface area contributed by atoms with Gasteiger partial charge in [0.05, 0.1) is 34.1 Å². The molecule has 0 radical (unpaired) electrons. The Balaban J connectivity index is 1.65. The Morgan fingerprint density at radius 2 is 1.92 bits per heavy atom. The fourth-order valence-electron chi connectivity index (χ4n) is 5.19. The molecule has 2 heterocycles. The molecular weight excluding hydrogens is 599 g/mol. The second-order valence-electron chi connectivity index (χ2n) is 8.91. The molecule has 0 bridgehead atoms. The number of benzene rings is 3. The molecule has 2 aliphatic rings. The molecule has 1 aliphatic carbocycles. The SMILES string of the molecule is COc1cccc(C2C3=C(N=c4sc(=Cc5ccc(O)c(I)c5)c(=O)n42)c2ccccc2CC3)c1OC. The van der Waals surface area contributed by atoms with Crippen LogP contribution >= 0.6 is 33.9 Å². The second-order valence-corrected chi connectivity index (χ2v) is 11.1. The van der Waals surface area contributed by atoms with E-state index in [4.69, 9.17) is 14.5 Å². The summed E-state index contributed by atoms with van der Waals surface area (Å²) >= 11 is 3.46. The van der Waals surface area contributed by atoms with Gasteiger partial charge in [-0.15, -0.1) is 0 Å². The Kier molecular flexibility index (Phi) is 6.16. The van der Waals surface area contributed by atoms with Crippen molar-refractivity contribution in [2.75, 3.05) is 14.2 Å². The fraction of sp³-hybridized carbons (Fsp3) is 0.172. The van der Waals surface area contributed by atoms with Crippen LogP contribution in [0.25, 0.3) is 11.8 Å². The number of fused-ring (bicyclic) bond motifs is 3. The van der Waals surface area contributed by atoms with E-state index in [-0.39, 0.29) is 17.4 Å². The molecule has 0 spiro atoms. The van der Waals surface area contributed by atoms with Crippen molar-refractivity contribution in [3.05, 3.63) is 112 Å². The first-order valence-electron chi connectivity index (χ1n) is 11.8. The van der Waals surface area contributed by atoms with Gasteiger partial charge in [0.25, 0.3) is 5.56 Å². The summed E-state index contributed by atoms with van der Waals surface area (Å²) in [7, 11) is 3.25.